The molecule has 0 saturated carbocycles. The first-order valence-corrected chi connectivity index (χ1v) is 13.9. The zero-order valence-corrected chi connectivity index (χ0v) is 23.8. The molecule has 1 N–H and O–H groups in total. The summed E-state index contributed by atoms with van der Waals surface area (Å²) in [5.74, 6) is -0.480. The lowest BCUT2D eigenvalue weighted by Crippen LogP contribution is -2.37. The van der Waals surface area contributed by atoms with Crippen LogP contribution >= 0.6 is 0 Å². The molecule has 7 heteroatoms. The van der Waals surface area contributed by atoms with Gasteiger partial charge in [0, 0.05) is 24.2 Å². The first kappa shape index (κ1) is 27.7. The molecule has 0 unspecified atom stereocenters. The molecule has 210 valence electrons. The van der Waals surface area contributed by atoms with Crippen LogP contribution in [0.2, 0.25) is 0 Å². The second-order valence-corrected chi connectivity index (χ2v) is 11.1. The maximum Gasteiger partial charge on any atom is 0.307 e. The average molecular weight is 546 g/mol. The van der Waals surface area contributed by atoms with Gasteiger partial charge in [-0.2, -0.15) is 0 Å². The molecule has 0 aromatic heterocycles. The summed E-state index contributed by atoms with van der Waals surface area (Å²) >= 11 is 0. The predicted molar refractivity (Wildman–Crippen MR) is 152 cm³/mol. The van der Waals surface area contributed by atoms with Crippen molar-refractivity contribution in [1.82, 2.24) is 4.90 Å². The number of rotatable bonds is 6. The van der Waals surface area contributed by atoms with Gasteiger partial charge in [0.2, 0.25) is 0 Å². The molecule has 0 bridgehead atoms. The molecule has 0 spiro atoms. The van der Waals surface area contributed by atoms with Gasteiger partial charge in [-0.15, -0.1) is 0 Å². The average Bonchev–Trinajstić information content (AvgIpc) is 2.93. The van der Waals surface area contributed by atoms with Crippen LogP contribution in [0.4, 0.5) is 4.39 Å². The highest BCUT2D eigenvalue weighted by molar-refractivity contribution is 5.95. The van der Waals surface area contributed by atoms with Crippen LogP contribution in [0, 0.1) is 26.6 Å². The number of carboxylic acid groups (broad SMARTS) is 1. The van der Waals surface area contributed by atoms with Gasteiger partial charge in [-0.05, 0) is 123 Å². The van der Waals surface area contributed by atoms with Gasteiger partial charge in [-0.3, -0.25) is 9.59 Å². The smallest absolute Gasteiger partial charge is 0.307 e. The molecule has 40 heavy (non-hydrogen) atoms. The van der Waals surface area contributed by atoms with Crippen molar-refractivity contribution in [3.05, 3.63) is 80.7 Å². The SMILES string of the molecule is Cc1c(-c2c(C)c3c(c(C)c2CC(=O)O)CCN(C(=O)c2cccc(OC(C)C)c2)C3)cc(F)c2c1CCCO2. The van der Waals surface area contributed by atoms with E-state index in [4.69, 9.17) is 9.47 Å². The van der Waals surface area contributed by atoms with Crippen molar-refractivity contribution in [2.45, 2.75) is 73.0 Å². The Kier molecular flexibility index (Phi) is 7.58. The predicted octanol–water partition coefficient (Wildman–Crippen LogP) is 6.36. The Morgan fingerprint density at radius 3 is 2.55 bits per heavy atom. The van der Waals surface area contributed by atoms with Crippen LogP contribution in [0.5, 0.6) is 11.5 Å². The van der Waals surface area contributed by atoms with E-state index in [0.29, 0.717) is 60.7 Å². The van der Waals surface area contributed by atoms with E-state index in [1.807, 2.05) is 51.7 Å². The second-order valence-electron chi connectivity index (χ2n) is 11.1. The summed E-state index contributed by atoms with van der Waals surface area (Å²) in [7, 11) is 0. The lowest BCUT2D eigenvalue weighted by atomic mass is 9.79. The molecule has 1 amide bonds. The van der Waals surface area contributed by atoms with E-state index in [1.165, 1.54) is 6.07 Å². The Morgan fingerprint density at radius 1 is 1.05 bits per heavy atom. The molecule has 2 aliphatic heterocycles. The van der Waals surface area contributed by atoms with Crippen molar-refractivity contribution >= 4 is 11.9 Å². The first-order chi connectivity index (χ1) is 19.1. The van der Waals surface area contributed by atoms with Crippen molar-refractivity contribution in [2.24, 2.45) is 0 Å². The van der Waals surface area contributed by atoms with Gasteiger partial charge in [-0.25, -0.2) is 4.39 Å². The lowest BCUT2D eigenvalue weighted by molar-refractivity contribution is -0.136. The third-order valence-corrected chi connectivity index (χ3v) is 8.15. The third-order valence-electron chi connectivity index (χ3n) is 8.15. The number of amides is 1. The van der Waals surface area contributed by atoms with Gasteiger partial charge in [-0.1, -0.05) is 6.07 Å². The van der Waals surface area contributed by atoms with E-state index in [0.717, 1.165) is 45.4 Å². The van der Waals surface area contributed by atoms with Gasteiger partial charge in [0.15, 0.2) is 11.6 Å². The summed E-state index contributed by atoms with van der Waals surface area (Å²) in [6, 6.07) is 8.73. The number of aliphatic carboxylic acids is 1. The third kappa shape index (κ3) is 5.05. The molecule has 0 saturated heterocycles. The number of fused-ring (bicyclic) bond motifs is 2. The molecule has 0 aliphatic carbocycles. The topological polar surface area (TPSA) is 76.1 Å². The van der Waals surface area contributed by atoms with Crippen LogP contribution in [0.1, 0.15) is 69.6 Å². The van der Waals surface area contributed by atoms with Gasteiger partial charge in [0.05, 0.1) is 19.1 Å². The number of hydrogen-bond donors (Lipinski definition) is 1. The highest BCUT2D eigenvalue weighted by Crippen LogP contribution is 2.43. The standard InChI is InChI=1S/C33H36FNO5/c1-18(2)40-23-9-6-8-22(14-23)33(38)35-12-11-24-19(3)27(16-30(36)37)31(21(5)28(24)17-35)26-15-29(34)32-25(20(26)4)10-7-13-39-32/h6,8-9,14-15,18H,7,10-13,16-17H2,1-5H3,(H,36,37). The fourth-order valence-electron chi connectivity index (χ4n) is 6.25. The van der Waals surface area contributed by atoms with E-state index in [2.05, 4.69) is 0 Å². The van der Waals surface area contributed by atoms with Gasteiger partial charge < -0.3 is 19.5 Å². The van der Waals surface area contributed by atoms with E-state index in [9.17, 15) is 14.7 Å². The van der Waals surface area contributed by atoms with Crippen molar-refractivity contribution < 1.29 is 28.6 Å². The maximum absolute atomic E-state index is 15.3. The number of ether oxygens (including phenoxy) is 2. The van der Waals surface area contributed by atoms with Crippen LogP contribution in [0.25, 0.3) is 11.1 Å². The Hall–Kier alpha value is -3.87. The summed E-state index contributed by atoms with van der Waals surface area (Å²) in [5.41, 5.74) is 8.37. The van der Waals surface area contributed by atoms with Crippen LogP contribution in [-0.2, 0) is 30.6 Å². The van der Waals surface area contributed by atoms with Gasteiger partial charge >= 0.3 is 5.97 Å². The minimum absolute atomic E-state index is 0.000269. The Balaban J connectivity index is 1.61. The zero-order valence-electron chi connectivity index (χ0n) is 23.8. The molecule has 0 atom stereocenters. The fourth-order valence-corrected chi connectivity index (χ4v) is 6.25. The Morgan fingerprint density at radius 2 is 1.82 bits per heavy atom. The number of benzene rings is 3. The van der Waals surface area contributed by atoms with E-state index in [1.54, 1.807) is 12.1 Å². The summed E-state index contributed by atoms with van der Waals surface area (Å²) in [6.45, 7) is 11.2. The summed E-state index contributed by atoms with van der Waals surface area (Å²) in [5, 5.41) is 9.83. The molecule has 3 aromatic rings. The Bertz CT molecular complexity index is 1510. The van der Waals surface area contributed by atoms with E-state index >= 15 is 4.39 Å². The highest BCUT2D eigenvalue weighted by atomic mass is 19.1. The summed E-state index contributed by atoms with van der Waals surface area (Å²) in [4.78, 5) is 27.4. The van der Waals surface area contributed by atoms with Gasteiger partial charge in [0.1, 0.15) is 5.75 Å². The van der Waals surface area contributed by atoms with Crippen LogP contribution in [0.15, 0.2) is 30.3 Å². The number of carbonyl (C=O) groups excluding carboxylic acids is 1. The molecular weight excluding hydrogens is 509 g/mol. The van der Waals surface area contributed by atoms with Crippen molar-refractivity contribution in [2.75, 3.05) is 13.2 Å². The molecular formula is C33H36FNO5. The highest BCUT2D eigenvalue weighted by Gasteiger charge is 2.30. The van der Waals surface area contributed by atoms with E-state index < -0.39 is 11.8 Å². The molecule has 3 aromatic carbocycles. The number of carbonyl (C=O) groups is 2. The van der Waals surface area contributed by atoms with E-state index in [-0.39, 0.29) is 18.4 Å². The molecule has 5 rings (SSSR count). The monoisotopic (exact) mass is 545 g/mol. The van der Waals surface area contributed by atoms with Crippen molar-refractivity contribution in [1.29, 1.82) is 0 Å². The first-order valence-electron chi connectivity index (χ1n) is 13.9. The molecule has 2 aliphatic rings. The van der Waals surface area contributed by atoms with Crippen LogP contribution in [0.3, 0.4) is 0 Å². The molecule has 6 nitrogen and oxygen atoms in total. The molecule has 0 fully saturated rings. The van der Waals surface area contributed by atoms with Crippen LogP contribution < -0.4 is 9.47 Å². The zero-order chi connectivity index (χ0) is 28.7. The van der Waals surface area contributed by atoms with Crippen molar-refractivity contribution in [3.63, 3.8) is 0 Å². The second kappa shape index (κ2) is 11.0. The molecule has 2 heterocycles. The van der Waals surface area contributed by atoms with Gasteiger partial charge in [0.25, 0.3) is 5.91 Å². The van der Waals surface area contributed by atoms with Crippen molar-refractivity contribution in [3.8, 4) is 22.6 Å². The lowest BCUT2D eigenvalue weighted by Gasteiger charge is -2.34. The number of hydrogen-bond acceptors (Lipinski definition) is 4. The normalized spacial score (nSPS) is 14.4. The summed E-state index contributed by atoms with van der Waals surface area (Å²) < 4.78 is 26.8. The number of halogens is 1. The number of carboxylic acids is 1. The minimum Gasteiger partial charge on any atom is -0.491 e. The maximum atomic E-state index is 15.3. The number of nitrogens with zero attached hydrogens (tertiary/aromatic N) is 1. The fraction of sp³-hybridized carbons (Fsp3) is 0.394. The minimum atomic E-state index is -0.931. The van der Waals surface area contributed by atoms with Crippen LogP contribution in [-0.4, -0.2) is 41.1 Å². The quantitative estimate of drug-likeness (QED) is 0.390. The largest absolute Gasteiger partial charge is 0.491 e. The molecule has 0 radical (unpaired) electrons. The Labute approximate surface area is 234 Å². The summed E-state index contributed by atoms with van der Waals surface area (Å²) in [6.07, 6.45) is 1.98.